The number of hydrogen-bond acceptors (Lipinski definition) is 5. The Bertz CT molecular complexity index is 1310. The normalized spacial score (nSPS) is 12.7. The molecule has 1 amide bonds. The highest BCUT2D eigenvalue weighted by atomic mass is 16.5. The molecule has 0 aromatic rings. The van der Waals surface area contributed by atoms with Crippen LogP contribution in [0.15, 0.2) is 36.5 Å². The molecule has 0 heterocycles. The predicted molar refractivity (Wildman–Crippen MR) is 356 cm³/mol. The van der Waals surface area contributed by atoms with Gasteiger partial charge in [0.05, 0.1) is 25.4 Å². The van der Waals surface area contributed by atoms with E-state index in [9.17, 15) is 19.8 Å². The first-order valence-electron chi connectivity index (χ1n) is 36.8. The molecule has 0 bridgehead atoms. The Hall–Kier alpha value is -1.92. The van der Waals surface area contributed by atoms with E-state index in [0.717, 1.165) is 51.4 Å². The minimum Gasteiger partial charge on any atom is -0.466 e. The van der Waals surface area contributed by atoms with Gasteiger partial charge in [-0.25, -0.2) is 0 Å². The van der Waals surface area contributed by atoms with Crippen molar-refractivity contribution in [3.63, 3.8) is 0 Å². The van der Waals surface area contributed by atoms with E-state index < -0.39 is 12.1 Å². The average Bonchev–Trinajstić information content (AvgIpc) is 3.47. The lowest BCUT2D eigenvalue weighted by atomic mass is 10.0. The number of carbonyl (C=O) groups excluding carboxylic acids is 2. The molecule has 0 aliphatic carbocycles. The number of rotatable bonds is 69. The fourth-order valence-electron chi connectivity index (χ4n) is 11.5. The maximum Gasteiger partial charge on any atom is 0.305 e. The molecule has 0 radical (unpaired) electrons. The number of carbonyl (C=O) groups is 2. The van der Waals surface area contributed by atoms with Gasteiger partial charge in [0, 0.05) is 12.8 Å². The maximum absolute atomic E-state index is 12.5. The van der Waals surface area contributed by atoms with Gasteiger partial charge < -0.3 is 20.3 Å². The van der Waals surface area contributed by atoms with Gasteiger partial charge in [0.2, 0.25) is 5.91 Å². The monoisotopic (exact) mass is 1140 g/mol. The molecule has 0 aliphatic heterocycles. The van der Waals surface area contributed by atoms with Crippen molar-refractivity contribution in [3.05, 3.63) is 36.5 Å². The van der Waals surface area contributed by atoms with E-state index >= 15 is 0 Å². The van der Waals surface area contributed by atoms with E-state index in [4.69, 9.17) is 4.74 Å². The van der Waals surface area contributed by atoms with Gasteiger partial charge in [0.15, 0.2) is 0 Å². The van der Waals surface area contributed by atoms with Gasteiger partial charge >= 0.3 is 5.97 Å². The topological polar surface area (TPSA) is 95.9 Å². The van der Waals surface area contributed by atoms with Crippen molar-refractivity contribution >= 4 is 11.9 Å². The summed E-state index contributed by atoms with van der Waals surface area (Å²) >= 11 is 0. The number of ether oxygens (including phenoxy) is 1. The molecule has 0 fully saturated rings. The summed E-state index contributed by atoms with van der Waals surface area (Å²) in [6, 6.07) is -0.635. The molecule has 0 saturated heterocycles. The molecule has 0 aromatic carbocycles. The zero-order chi connectivity index (χ0) is 58.5. The highest BCUT2D eigenvalue weighted by molar-refractivity contribution is 5.76. The third-order valence-corrected chi connectivity index (χ3v) is 17.1. The lowest BCUT2D eigenvalue weighted by molar-refractivity contribution is -0.143. The first-order chi connectivity index (χ1) is 40.0. The number of esters is 1. The zero-order valence-corrected chi connectivity index (χ0v) is 54.8. The van der Waals surface area contributed by atoms with Crippen LogP contribution in [0.25, 0.3) is 0 Å². The summed E-state index contributed by atoms with van der Waals surface area (Å²) < 4.78 is 5.50. The molecule has 2 unspecified atom stereocenters. The van der Waals surface area contributed by atoms with Crippen LogP contribution >= 0.6 is 0 Å². The first-order valence-corrected chi connectivity index (χ1v) is 36.8. The quantitative estimate of drug-likeness (QED) is 0.0320. The van der Waals surface area contributed by atoms with Crippen molar-refractivity contribution < 1.29 is 24.5 Å². The summed E-state index contributed by atoms with van der Waals surface area (Å²) in [6.07, 6.45) is 90.8. The number of amides is 1. The van der Waals surface area contributed by atoms with Crippen LogP contribution in [0.2, 0.25) is 0 Å². The number of hydrogen-bond donors (Lipinski definition) is 3. The van der Waals surface area contributed by atoms with Crippen LogP contribution in [0.4, 0.5) is 0 Å². The first kappa shape index (κ1) is 79.1. The SMILES string of the molecule is CCCCCCCC/C=C\CCCCCCCCCC(=O)OCCCCCCCCCCCCC/C=C\CCCCCCCCCC(=O)NC(CO)C(O)/C=C/CCCCCCCCCCCCCCCCCCCCCCCCC. The summed E-state index contributed by atoms with van der Waals surface area (Å²) in [5, 5.41) is 23.3. The number of nitrogens with one attached hydrogen (secondary N) is 1. The van der Waals surface area contributed by atoms with Crippen molar-refractivity contribution in [1.29, 1.82) is 0 Å². The summed E-state index contributed by atoms with van der Waals surface area (Å²) in [5.74, 6) is -0.0640. The Labute approximate surface area is 506 Å². The van der Waals surface area contributed by atoms with E-state index in [1.807, 2.05) is 6.08 Å². The summed E-state index contributed by atoms with van der Waals surface area (Å²) in [6.45, 7) is 4.93. The molecular formula is C75H143NO5. The van der Waals surface area contributed by atoms with Crippen molar-refractivity contribution in [2.24, 2.45) is 0 Å². The molecule has 3 N–H and O–H groups in total. The largest absolute Gasteiger partial charge is 0.466 e. The van der Waals surface area contributed by atoms with Gasteiger partial charge in [-0.05, 0) is 83.5 Å². The molecule has 0 saturated carbocycles. The molecule has 81 heavy (non-hydrogen) atoms. The van der Waals surface area contributed by atoms with Crippen LogP contribution in [0.5, 0.6) is 0 Å². The Balaban J connectivity index is 3.44. The third-order valence-electron chi connectivity index (χ3n) is 17.1. The Kier molecular flexibility index (Phi) is 68.9. The van der Waals surface area contributed by atoms with Crippen molar-refractivity contribution in [1.82, 2.24) is 5.32 Å². The second-order valence-corrected chi connectivity index (χ2v) is 25.3. The van der Waals surface area contributed by atoms with Gasteiger partial charge in [0.1, 0.15) is 0 Å². The maximum atomic E-state index is 12.5. The van der Waals surface area contributed by atoms with Crippen LogP contribution < -0.4 is 5.32 Å². The number of unbranched alkanes of at least 4 members (excludes halogenated alkanes) is 54. The highest BCUT2D eigenvalue weighted by Crippen LogP contribution is 2.19. The molecule has 6 nitrogen and oxygen atoms in total. The van der Waals surface area contributed by atoms with Crippen LogP contribution in [-0.2, 0) is 14.3 Å². The van der Waals surface area contributed by atoms with Crippen molar-refractivity contribution in [3.8, 4) is 0 Å². The van der Waals surface area contributed by atoms with Crippen molar-refractivity contribution in [2.75, 3.05) is 13.2 Å². The molecule has 0 aromatic heterocycles. The highest BCUT2D eigenvalue weighted by Gasteiger charge is 2.18. The lowest BCUT2D eigenvalue weighted by Gasteiger charge is -2.20. The molecule has 478 valence electrons. The minimum atomic E-state index is -0.851. The molecule has 6 heteroatoms. The number of aliphatic hydroxyl groups is 2. The Morgan fingerprint density at radius 3 is 0.877 bits per heavy atom. The Morgan fingerprint density at radius 2 is 0.580 bits per heavy atom. The number of allylic oxidation sites excluding steroid dienone is 5. The van der Waals surface area contributed by atoms with Gasteiger partial charge in [-0.15, -0.1) is 0 Å². The third kappa shape index (κ3) is 67.1. The molecule has 2 atom stereocenters. The standard InChI is InChI=1S/C75H143NO5/c1-3-5-7-9-11-13-15-17-19-21-22-23-24-25-26-29-32-36-39-43-47-51-55-59-63-67-73(78)72(71-77)76-74(79)68-64-60-56-52-48-44-40-37-33-30-27-28-31-34-38-42-46-50-54-58-62-66-70-81-75(80)69-65-61-57-53-49-45-41-35-20-18-16-14-12-10-8-6-4-2/h18,20,30,33,63,67,72-73,77-78H,3-17,19,21-29,31-32,34-62,64-66,68-71H2,1-2H3,(H,76,79)/b20-18-,33-30-,67-63+. The lowest BCUT2D eigenvalue weighted by Crippen LogP contribution is -2.45. The summed E-state index contributed by atoms with van der Waals surface area (Å²) in [7, 11) is 0. The van der Waals surface area contributed by atoms with E-state index in [-0.39, 0.29) is 18.5 Å². The zero-order valence-electron chi connectivity index (χ0n) is 54.8. The van der Waals surface area contributed by atoms with E-state index in [1.54, 1.807) is 6.08 Å². The van der Waals surface area contributed by atoms with Crippen LogP contribution in [-0.4, -0.2) is 47.4 Å². The van der Waals surface area contributed by atoms with E-state index in [1.165, 1.54) is 327 Å². The van der Waals surface area contributed by atoms with Gasteiger partial charge in [-0.2, -0.15) is 0 Å². The number of aliphatic hydroxyl groups excluding tert-OH is 2. The van der Waals surface area contributed by atoms with Gasteiger partial charge in [0.25, 0.3) is 0 Å². The van der Waals surface area contributed by atoms with Crippen LogP contribution in [0, 0.1) is 0 Å². The smallest absolute Gasteiger partial charge is 0.305 e. The van der Waals surface area contributed by atoms with Crippen LogP contribution in [0.3, 0.4) is 0 Å². The molecule has 0 rings (SSSR count). The summed E-state index contributed by atoms with van der Waals surface area (Å²) in [5.41, 5.74) is 0. The second-order valence-electron chi connectivity index (χ2n) is 25.3. The van der Waals surface area contributed by atoms with Crippen LogP contribution in [0.1, 0.15) is 406 Å². The summed E-state index contributed by atoms with van der Waals surface area (Å²) in [4.78, 5) is 24.6. The second kappa shape index (κ2) is 70.6. The average molecular weight is 1140 g/mol. The molecular weight excluding hydrogens is 995 g/mol. The van der Waals surface area contributed by atoms with E-state index in [2.05, 4.69) is 43.5 Å². The van der Waals surface area contributed by atoms with Gasteiger partial charge in [-0.3, -0.25) is 9.59 Å². The fourth-order valence-corrected chi connectivity index (χ4v) is 11.5. The Morgan fingerprint density at radius 1 is 0.333 bits per heavy atom. The predicted octanol–water partition coefficient (Wildman–Crippen LogP) is 23.9. The fraction of sp³-hybridized carbons (Fsp3) is 0.893. The minimum absolute atomic E-state index is 0.00683. The van der Waals surface area contributed by atoms with E-state index in [0.29, 0.717) is 19.4 Å². The van der Waals surface area contributed by atoms with Gasteiger partial charge in [-0.1, -0.05) is 346 Å². The molecule has 0 aliphatic rings. The van der Waals surface area contributed by atoms with Crippen molar-refractivity contribution in [2.45, 2.75) is 418 Å². The molecule has 0 spiro atoms.